The average Bonchev–Trinajstić information content (AvgIpc) is 2.03. The molecule has 0 heterocycles. The first-order valence-electron chi connectivity index (χ1n) is 3.88. The predicted molar refractivity (Wildman–Crippen MR) is 51.2 cm³/mol. The summed E-state index contributed by atoms with van der Waals surface area (Å²) in [5, 5.41) is 9.76. The fourth-order valence-electron chi connectivity index (χ4n) is 1.06. The van der Waals surface area contributed by atoms with Gasteiger partial charge in [-0.05, 0) is 30.2 Å². The van der Waals surface area contributed by atoms with Gasteiger partial charge in [0.05, 0.1) is 6.10 Å². The van der Waals surface area contributed by atoms with Gasteiger partial charge in [-0.2, -0.15) is 0 Å². The molecule has 13 heavy (non-hydrogen) atoms. The largest absolute Gasteiger partial charge is 0.388 e. The Morgan fingerprint density at radius 2 is 2.23 bits per heavy atom. The van der Waals surface area contributed by atoms with Gasteiger partial charge < -0.3 is 5.11 Å². The van der Waals surface area contributed by atoms with Gasteiger partial charge in [0.15, 0.2) is 0 Å². The monoisotopic (exact) mass is 200 g/mol. The molecule has 0 aromatic heterocycles. The van der Waals surface area contributed by atoms with E-state index in [4.69, 9.17) is 11.6 Å². The molecule has 1 N–H and O–H groups in total. The highest BCUT2D eigenvalue weighted by atomic mass is 35.5. The summed E-state index contributed by atoms with van der Waals surface area (Å²) in [5.41, 5.74) is 0.477. The van der Waals surface area contributed by atoms with E-state index in [1.165, 1.54) is 12.1 Å². The molecular weight excluding hydrogens is 191 g/mol. The van der Waals surface area contributed by atoms with Crippen LogP contribution in [0.5, 0.6) is 0 Å². The van der Waals surface area contributed by atoms with Crippen LogP contribution in [0.3, 0.4) is 0 Å². The van der Waals surface area contributed by atoms with Crippen LogP contribution in [0.15, 0.2) is 30.9 Å². The molecule has 1 nitrogen and oxygen atoms in total. The molecule has 0 saturated heterocycles. The molecule has 0 aliphatic heterocycles. The Balaban J connectivity index is 2.93. The van der Waals surface area contributed by atoms with Crippen molar-refractivity contribution in [3.8, 4) is 0 Å². The lowest BCUT2D eigenvalue weighted by atomic mass is 10.1. The lowest BCUT2D eigenvalue weighted by molar-refractivity contribution is 0.181. The summed E-state index contributed by atoms with van der Waals surface area (Å²) in [5.74, 6) is -0.439. The molecule has 0 aliphatic rings. The van der Waals surface area contributed by atoms with Gasteiger partial charge in [-0.15, -0.1) is 6.58 Å². The van der Waals surface area contributed by atoms with Crippen molar-refractivity contribution in [1.82, 2.24) is 0 Å². The summed E-state index contributed by atoms with van der Waals surface area (Å²) in [6.07, 6.45) is 1.23. The van der Waals surface area contributed by atoms with Crippen LogP contribution in [0.4, 0.5) is 4.39 Å². The number of hydrogen-bond acceptors (Lipinski definition) is 1. The fraction of sp³-hybridized carbons (Fsp3) is 0.200. The smallest absolute Gasteiger partial charge is 0.125 e. The van der Waals surface area contributed by atoms with Gasteiger partial charge >= 0.3 is 0 Å². The molecular formula is C10H10ClFO. The number of rotatable bonds is 3. The lowest BCUT2D eigenvalue weighted by Gasteiger charge is -2.08. The normalized spacial score (nSPS) is 12.5. The molecule has 0 unspecified atom stereocenters. The van der Waals surface area contributed by atoms with Crippen LogP contribution < -0.4 is 0 Å². The third-order valence-electron chi connectivity index (χ3n) is 1.66. The van der Waals surface area contributed by atoms with Crippen molar-refractivity contribution in [3.05, 3.63) is 47.3 Å². The molecule has 0 amide bonds. The number of benzene rings is 1. The van der Waals surface area contributed by atoms with Crippen LogP contribution in [0, 0.1) is 5.82 Å². The molecule has 0 aliphatic carbocycles. The van der Waals surface area contributed by atoms with Crippen LogP contribution in [0.1, 0.15) is 18.1 Å². The topological polar surface area (TPSA) is 20.2 Å². The summed E-state index contributed by atoms with van der Waals surface area (Å²) in [4.78, 5) is 0. The van der Waals surface area contributed by atoms with Crippen LogP contribution in [0.25, 0.3) is 0 Å². The van der Waals surface area contributed by atoms with Gasteiger partial charge in [-0.3, -0.25) is 0 Å². The van der Waals surface area contributed by atoms with E-state index in [9.17, 15) is 9.50 Å². The first-order valence-corrected chi connectivity index (χ1v) is 4.26. The molecule has 0 bridgehead atoms. The minimum absolute atomic E-state index is 0.290. The summed E-state index contributed by atoms with van der Waals surface area (Å²) in [7, 11) is 0. The zero-order valence-corrected chi connectivity index (χ0v) is 7.76. The molecule has 0 radical (unpaired) electrons. The maximum Gasteiger partial charge on any atom is 0.125 e. The second kappa shape index (κ2) is 4.40. The van der Waals surface area contributed by atoms with Crippen LogP contribution in [0.2, 0.25) is 5.02 Å². The minimum Gasteiger partial charge on any atom is -0.388 e. The Labute approximate surface area is 81.5 Å². The van der Waals surface area contributed by atoms with E-state index in [0.717, 1.165) is 0 Å². The van der Waals surface area contributed by atoms with E-state index in [2.05, 4.69) is 6.58 Å². The second-order valence-corrected chi connectivity index (χ2v) is 3.18. The van der Waals surface area contributed by atoms with Crippen molar-refractivity contribution >= 4 is 11.6 Å². The molecule has 1 atom stereocenters. The standard InChI is InChI=1S/C10H10ClFO/c1-2-3-10(13)7-4-8(11)6-9(12)5-7/h2,4-6,10,13H,1,3H2/t10-/m0/s1. The Hall–Kier alpha value is -0.860. The van der Waals surface area contributed by atoms with Gasteiger partial charge in [-0.1, -0.05) is 17.7 Å². The highest BCUT2D eigenvalue weighted by Crippen LogP contribution is 2.22. The third kappa shape index (κ3) is 2.83. The first kappa shape index (κ1) is 10.2. The predicted octanol–water partition coefficient (Wildman–Crippen LogP) is 3.09. The molecule has 3 heteroatoms. The highest BCUT2D eigenvalue weighted by molar-refractivity contribution is 6.30. The molecule has 1 rings (SSSR count). The summed E-state index contributed by atoms with van der Waals surface area (Å²) >= 11 is 5.62. The molecule has 1 aromatic carbocycles. The van der Waals surface area contributed by atoms with E-state index in [-0.39, 0.29) is 5.02 Å². The van der Waals surface area contributed by atoms with Crippen LogP contribution in [-0.2, 0) is 0 Å². The number of aliphatic hydroxyl groups excluding tert-OH is 1. The van der Waals surface area contributed by atoms with Gasteiger partial charge in [-0.25, -0.2) is 4.39 Å². The van der Waals surface area contributed by atoms with Crippen LogP contribution >= 0.6 is 11.6 Å². The molecule has 0 saturated carbocycles. The average molecular weight is 201 g/mol. The number of halogens is 2. The second-order valence-electron chi connectivity index (χ2n) is 2.74. The summed E-state index contributed by atoms with van der Waals surface area (Å²) in [6, 6.07) is 4.00. The Kier molecular flexibility index (Phi) is 3.46. The highest BCUT2D eigenvalue weighted by Gasteiger charge is 2.07. The third-order valence-corrected chi connectivity index (χ3v) is 1.88. The van der Waals surface area contributed by atoms with Crippen molar-refractivity contribution in [3.63, 3.8) is 0 Å². The lowest BCUT2D eigenvalue weighted by Crippen LogP contribution is -1.96. The van der Waals surface area contributed by atoms with Crippen molar-refractivity contribution in [1.29, 1.82) is 0 Å². The number of hydrogen-bond donors (Lipinski definition) is 1. The minimum atomic E-state index is -0.731. The van der Waals surface area contributed by atoms with Gasteiger partial charge in [0, 0.05) is 5.02 Å². The Morgan fingerprint density at radius 1 is 1.54 bits per heavy atom. The fourth-order valence-corrected chi connectivity index (χ4v) is 1.29. The summed E-state index contributed by atoms with van der Waals surface area (Å²) in [6.45, 7) is 3.48. The quantitative estimate of drug-likeness (QED) is 0.744. The molecule has 1 aromatic rings. The Bertz CT molecular complexity index is 292. The summed E-state index contributed by atoms with van der Waals surface area (Å²) < 4.78 is 12.8. The molecule has 70 valence electrons. The molecule has 0 spiro atoms. The van der Waals surface area contributed by atoms with Crippen molar-refractivity contribution < 1.29 is 9.50 Å². The van der Waals surface area contributed by atoms with E-state index >= 15 is 0 Å². The SMILES string of the molecule is C=CC[C@H](O)c1cc(F)cc(Cl)c1. The van der Waals surface area contributed by atoms with Gasteiger partial charge in [0.1, 0.15) is 5.82 Å². The van der Waals surface area contributed by atoms with Crippen molar-refractivity contribution in [2.75, 3.05) is 0 Å². The van der Waals surface area contributed by atoms with Crippen molar-refractivity contribution in [2.24, 2.45) is 0 Å². The van der Waals surface area contributed by atoms with E-state index in [1.807, 2.05) is 0 Å². The van der Waals surface area contributed by atoms with Crippen molar-refractivity contribution in [2.45, 2.75) is 12.5 Å². The van der Waals surface area contributed by atoms with Gasteiger partial charge in [0.2, 0.25) is 0 Å². The zero-order chi connectivity index (χ0) is 9.84. The zero-order valence-electron chi connectivity index (χ0n) is 7.00. The maximum atomic E-state index is 12.8. The first-order chi connectivity index (χ1) is 6.13. The van der Waals surface area contributed by atoms with E-state index in [0.29, 0.717) is 12.0 Å². The Morgan fingerprint density at radius 3 is 2.77 bits per heavy atom. The maximum absolute atomic E-state index is 12.8. The van der Waals surface area contributed by atoms with Gasteiger partial charge in [0.25, 0.3) is 0 Å². The molecule has 0 fully saturated rings. The van der Waals surface area contributed by atoms with E-state index in [1.54, 1.807) is 12.1 Å². The number of aliphatic hydroxyl groups is 1. The van der Waals surface area contributed by atoms with Crippen LogP contribution in [-0.4, -0.2) is 5.11 Å². The van der Waals surface area contributed by atoms with E-state index < -0.39 is 11.9 Å².